The van der Waals surface area contributed by atoms with E-state index < -0.39 is 5.82 Å². The molecule has 0 amide bonds. The second kappa shape index (κ2) is 4.31. The van der Waals surface area contributed by atoms with Crippen LogP contribution >= 0.6 is 27.5 Å². The molecule has 2 aromatic rings. The first-order valence-corrected chi connectivity index (χ1v) is 5.36. The Morgan fingerprint density at radius 3 is 2.69 bits per heavy atom. The Hall–Kier alpha value is -1.27. The number of benzene rings is 1. The molecule has 4 nitrogen and oxygen atoms in total. The average Bonchev–Trinajstić information content (AvgIpc) is 2.20. The minimum Gasteiger partial charge on any atom is -0.368 e. The van der Waals surface area contributed by atoms with Gasteiger partial charge in [0, 0.05) is 4.47 Å². The summed E-state index contributed by atoms with van der Waals surface area (Å²) in [4.78, 5) is 11.2. The Labute approximate surface area is 104 Å². The van der Waals surface area contributed by atoms with Crippen LogP contribution in [0.3, 0.4) is 0 Å². The third kappa shape index (κ3) is 2.28. The first kappa shape index (κ1) is 11.2. The molecule has 0 saturated heterocycles. The first-order valence-electron chi connectivity index (χ1n) is 4.19. The van der Waals surface area contributed by atoms with Crippen molar-refractivity contribution in [2.45, 2.75) is 0 Å². The molecule has 0 aliphatic rings. The topological polar surface area (TPSA) is 64.7 Å². The molecule has 1 aromatic carbocycles. The maximum Gasteiger partial charge on any atom is 0.227 e. The molecule has 0 bridgehead atoms. The number of hydrogen-bond acceptors (Lipinski definition) is 4. The molecule has 1 heterocycles. The lowest BCUT2D eigenvalue weighted by Crippen LogP contribution is -2.01. The molecule has 1 aromatic heterocycles. The second-order valence-electron chi connectivity index (χ2n) is 2.91. The van der Waals surface area contributed by atoms with Gasteiger partial charge < -0.3 is 5.73 Å². The summed E-state index contributed by atoms with van der Waals surface area (Å²) in [6.07, 6.45) is 0. The van der Waals surface area contributed by atoms with Crippen molar-refractivity contribution in [1.82, 2.24) is 15.0 Å². The molecule has 0 spiro atoms. The van der Waals surface area contributed by atoms with Gasteiger partial charge in [-0.3, -0.25) is 0 Å². The molecular weight excluding hydrogens is 298 g/mol. The van der Waals surface area contributed by atoms with E-state index in [1.165, 1.54) is 6.07 Å². The lowest BCUT2D eigenvalue weighted by molar-refractivity contribution is 0.629. The molecule has 0 saturated carbocycles. The van der Waals surface area contributed by atoms with E-state index in [-0.39, 0.29) is 22.6 Å². The predicted molar refractivity (Wildman–Crippen MR) is 62.3 cm³/mol. The normalized spacial score (nSPS) is 10.4. The summed E-state index contributed by atoms with van der Waals surface area (Å²) in [5.41, 5.74) is 5.62. The fourth-order valence-corrected chi connectivity index (χ4v) is 1.68. The third-order valence-corrected chi connectivity index (χ3v) is 2.46. The fourth-order valence-electron chi connectivity index (χ4n) is 1.15. The molecule has 16 heavy (non-hydrogen) atoms. The van der Waals surface area contributed by atoms with Gasteiger partial charge in [-0.2, -0.15) is 15.0 Å². The van der Waals surface area contributed by atoms with Crippen molar-refractivity contribution in [3.8, 4) is 11.4 Å². The highest BCUT2D eigenvalue weighted by molar-refractivity contribution is 9.10. The van der Waals surface area contributed by atoms with Gasteiger partial charge in [-0.05, 0) is 29.8 Å². The van der Waals surface area contributed by atoms with Crippen molar-refractivity contribution >= 4 is 33.5 Å². The van der Waals surface area contributed by atoms with Crippen LogP contribution in [0.4, 0.5) is 10.3 Å². The van der Waals surface area contributed by atoms with Crippen molar-refractivity contribution in [3.05, 3.63) is 33.8 Å². The average molecular weight is 304 g/mol. The molecule has 0 aliphatic carbocycles. The molecule has 82 valence electrons. The largest absolute Gasteiger partial charge is 0.368 e. The van der Waals surface area contributed by atoms with Crippen molar-refractivity contribution in [2.24, 2.45) is 0 Å². The number of rotatable bonds is 1. The Bertz CT molecular complexity index is 529. The Morgan fingerprint density at radius 2 is 2.00 bits per heavy atom. The molecule has 0 aliphatic heterocycles. The van der Waals surface area contributed by atoms with Gasteiger partial charge in [0.1, 0.15) is 5.82 Å². The third-order valence-electron chi connectivity index (χ3n) is 1.79. The van der Waals surface area contributed by atoms with E-state index in [9.17, 15) is 4.39 Å². The highest BCUT2D eigenvalue weighted by Gasteiger charge is 2.10. The van der Waals surface area contributed by atoms with E-state index in [2.05, 4.69) is 30.9 Å². The van der Waals surface area contributed by atoms with Crippen LogP contribution < -0.4 is 5.73 Å². The molecule has 7 heteroatoms. The zero-order valence-electron chi connectivity index (χ0n) is 7.78. The van der Waals surface area contributed by atoms with E-state index in [0.29, 0.717) is 4.47 Å². The van der Waals surface area contributed by atoms with Crippen LogP contribution in [0.2, 0.25) is 5.28 Å². The van der Waals surface area contributed by atoms with E-state index in [1.54, 1.807) is 12.1 Å². The van der Waals surface area contributed by atoms with Crippen LogP contribution in [0.1, 0.15) is 0 Å². The molecule has 0 atom stereocenters. The number of nitrogen functional groups attached to an aromatic ring is 1. The smallest absolute Gasteiger partial charge is 0.227 e. The summed E-state index contributed by atoms with van der Waals surface area (Å²) < 4.78 is 14.2. The van der Waals surface area contributed by atoms with E-state index in [0.717, 1.165) is 0 Å². The zero-order chi connectivity index (χ0) is 11.7. The summed E-state index contributed by atoms with van der Waals surface area (Å²) in [6, 6.07) is 4.42. The molecule has 2 N–H and O–H groups in total. The number of aromatic nitrogens is 3. The zero-order valence-corrected chi connectivity index (χ0v) is 10.1. The summed E-state index contributed by atoms with van der Waals surface area (Å²) in [6.45, 7) is 0. The van der Waals surface area contributed by atoms with Gasteiger partial charge in [0.05, 0.1) is 5.56 Å². The summed E-state index contributed by atoms with van der Waals surface area (Å²) in [7, 11) is 0. The van der Waals surface area contributed by atoms with Gasteiger partial charge in [0.15, 0.2) is 5.82 Å². The number of nitrogens with two attached hydrogens (primary N) is 1. The Morgan fingerprint density at radius 1 is 1.25 bits per heavy atom. The molecule has 0 radical (unpaired) electrons. The van der Waals surface area contributed by atoms with Crippen LogP contribution in [0, 0.1) is 5.82 Å². The predicted octanol–water partition coefficient (Wildman–Crippen LogP) is 2.68. The van der Waals surface area contributed by atoms with Crippen molar-refractivity contribution < 1.29 is 4.39 Å². The maximum absolute atomic E-state index is 13.5. The Balaban J connectivity index is 2.62. The van der Waals surface area contributed by atoms with Gasteiger partial charge in [-0.15, -0.1) is 0 Å². The SMILES string of the molecule is Nc1nc(Cl)nc(-c2cc(Br)ccc2F)n1. The van der Waals surface area contributed by atoms with Crippen LogP contribution in [-0.2, 0) is 0 Å². The number of hydrogen-bond donors (Lipinski definition) is 1. The molecule has 0 unspecified atom stereocenters. The van der Waals surface area contributed by atoms with E-state index >= 15 is 0 Å². The molecule has 2 rings (SSSR count). The number of nitrogens with zero attached hydrogens (tertiary/aromatic N) is 3. The van der Waals surface area contributed by atoms with E-state index in [1.807, 2.05) is 0 Å². The van der Waals surface area contributed by atoms with Crippen LogP contribution in [-0.4, -0.2) is 15.0 Å². The van der Waals surface area contributed by atoms with E-state index in [4.69, 9.17) is 17.3 Å². The quantitative estimate of drug-likeness (QED) is 0.879. The highest BCUT2D eigenvalue weighted by atomic mass is 79.9. The molecular formula is C9H5BrClFN4. The van der Waals surface area contributed by atoms with Crippen LogP contribution in [0.5, 0.6) is 0 Å². The minimum absolute atomic E-state index is 0.0469. The summed E-state index contributed by atoms with van der Waals surface area (Å²) >= 11 is 8.84. The summed E-state index contributed by atoms with van der Waals surface area (Å²) in [5.74, 6) is -0.393. The van der Waals surface area contributed by atoms with Crippen molar-refractivity contribution in [2.75, 3.05) is 5.73 Å². The van der Waals surface area contributed by atoms with Gasteiger partial charge in [0.25, 0.3) is 0 Å². The van der Waals surface area contributed by atoms with Gasteiger partial charge in [0.2, 0.25) is 11.2 Å². The number of halogens is 3. The monoisotopic (exact) mass is 302 g/mol. The lowest BCUT2D eigenvalue weighted by atomic mass is 10.2. The highest BCUT2D eigenvalue weighted by Crippen LogP contribution is 2.24. The molecule has 0 fully saturated rings. The second-order valence-corrected chi connectivity index (χ2v) is 4.16. The van der Waals surface area contributed by atoms with Gasteiger partial charge >= 0.3 is 0 Å². The van der Waals surface area contributed by atoms with Crippen LogP contribution in [0.15, 0.2) is 22.7 Å². The van der Waals surface area contributed by atoms with Gasteiger partial charge in [-0.1, -0.05) is 15.9 Å². The minimum atomic E-state index is -0.454. The van der Waals surface area contributed by atoms with Crippen molar-refractivity contribution in [1.29, 1.82) is 0 Å². The number of anilines is 1. The fraction of sp³-hybridized carbons (Fsp3) is 0. The standard InChI is InChI=1S/C9H5BrClFN4/c10-4-1-2-6(12)5(3-4)7-14-8(11)16-9(13)15-7/h1-3H,(H2,13,14,15,16). The van der Waals surface area contributed by atoms with Gasteiger partial charge in [-0.25, -0.2) is 4.39 Å². The maximum atomic E-state index is 13.5. The van der Waals surface area contributed by atoms with Crippen LogP contribution in [0.25, 0.3) is 11.4 Å². The lowest BCUT2D eigenvalue weighted by Gasteiger charge is -2.03. The van der Waals surface area contributed by atoms with Crippen molar-refractivity contribution in [3.63, 3.8) is 0 Å². The Kier molecular flexibility index (Phi) is 3.02. The first-order chi connectivity index (χ1) is 7.56. The summed E-state index contributed by atoms with van der Waals surface area (Å²) in [5, 5.41) is -0.0677.